The van der Waals surface area contributed by atoms with Gasteiger partial charge in [-0.15, -0.1) is 0 Å². The molecule has 130 valence electrons. The van der Waals surface area contributed by atoms with E-state index in [0.29, 0.717) is 5.69 Å². The average molecular weight is 342 g/mol. The molecule has 0 heterocycles. The minimum absolute atomic E-state index is 0.189. The summed E-state index contributed by atoms with van der Waals surface area (Å²) in [6.07, 6.45) is -1.08. The topological polar surface area (TPSA) is 98.5 Å². The normalized spacial score (nSPS) is 11.6. The fourth-order valence-corrected chi connectivity index (χ4v) is 2.21. The number of amides is 1. The van der Waals surface area contributed by atoms with Gasteiger partial charge in [-0.3, -0.25) is 14.9 Å². The summed E-state index contributed by atoms with van der Waals surface area (Å²) in [5.74, 6) is -1.71. The van der Waals surface area contributed by atoms with Crippen LogP contribution < -0.4 is 5.32 Å². The van der Waals surface area contributed by atoms with Gasteiger partial charge in [0.15, 0.2) is 6.10 Å². The van der Waals surface area contributed by atoms with Gasteiger partial charge in [0, 0.05) is 11.8 Å². The van der Waals surface area contributed by atoms with Gasteiger partial charge in [-0.2, -0.15) is 0 Å². The third-order valence-corrected chi connectivity index (χ3v) is 3.46. The van der Waals surface area contributed by atoms with Crippen molar-refractivity contribution in [1.29, 1.82) is 0 Å². The van der Waals surface area contributed by atoms with Gasteiger partial charge in [-0.25, -0.2) is 4.79 Å². The van der Waals surface area contributed by atoms with Crippen molar-refractivity contribution < 1.29 is 19.2 Å². The Morgan fingerprint density at radius 3 is 2.24 bits per heavy atom. The second-order valence-electron chi connectivity index (χ2n) is 5.70. The van der Waals surface area contributed by atoms with Crippen LogP contribution >= 0.6 is 0 Å². The third kappa shape index (κ3) is 4.63. The second-order valence-corrected chi connectivity index (χ2v) is 5.70. The molecule has 0 bridgehead atoms. The first-order chi connectivity index (χ1) is 11.9. The summed E-state index contributed by atoms with van der Waals surface area (Å²) in [6.45, 7) is 3.45. The largest absolute Gasteiger partial charge is 0.448 e. The Kier molecular flexibility index (Phi) is 5.84. The Balaban J connectivity index is 2.18. The number of nitrogens with zero attached hydrogens (tertiary/aromatic N) is 1. The summed E-state index contributed by atoms with van der Waals surface area (Å²) < 4.78 is 5.27. The average Bonchev–Trinajstić information content (AvgIpc) is 2.59. The number of benzene rings is 2. The number of nitrogens with one attached hydrogen (secondary N) is 1. The zero-order valence-corrected chi connectivity index (χ0v) is 13.8. The van der Waals surface area contributed by atoms with Gasteiger partial charge in [-0.1, -0.05) is 44.2 Å². The number of hydrogen-bond acceptors (Lipinski definition) is 5. The molecule has 0 saturated heterocycles. The molecule has 2 aromatic rings. The van der Waals surface area contributed by atoms with Crippen LogP contribution in [0.2, 0.25) is 0 Å². The molecule has 2 aromatic carbocycles. The number of nitro benzene ring substituents is 1. The van der Waals surface area contributed by atoms with Gasteiger partial charge in [0.1, 0.15) is 5.56 Å². The molecule has 1 amide bonds. The lowest BCUT2D eigenvalue weighted by atomic mass is 10.1. The molecular weight excluding hydrogens is 324 g/mol. The zero-order chi connectivity index (χ0) is 18.4. The van der Waals surface area contributed by atoms with Crippen LogP contribution in [0, 0.1) is 16.0 Å². The van der Waals surface area contributed by atoms with E-state index in [4.69, 9.17) is 4.74 Å². The minimum Gasteiger partial charge on any atom is -0.448 e. The molecule has 7 heteroatoms. The smallest absolute Gasteiger partial charge is 0.345 e. The molecular formula is C18H18N2O5. The standard InChI is InChI=1S/C18H18N2O5/c1-12(2)16(17(21)19-13-8-4-3-5-9-13)25-18(22)14-10-6-7-11-15(14)20(23)24/h3-12,16H,1-2H3,(H,19,21)/t16-/m0/s1. The van der Waals surface area contributed by atoms with Gasteiger partial charge in [0.25, 0.3) is 11.6 Å². The van der Waals surface area contributed by atoms with E-state index in [1.54, 1.807) is 38.1 Å². The molecule has 1 atom stereocenters. The summed E-state index contributed by atoms with van der Waals surface area (Å²) in [7, 11) is 0. The molecule has 25 heavy (non-hydrogen) atoms. The van der Waals surface area contributed by atoms with Gasteiger partial charge in [0.2, 0.25) is 0 Å². The fraction of sp³-hybridized carbons (Fsp3) is 0.222. The molecule has 0 aliphatic rings. The van der Waals surface area contributed by atoms with Gasteiger partial charge in [-0.05, 0) is 24.1 Å². The first kappa shape index (κ1) is 18.1. The predicted octanol–water partition coefficient (Wildman–Crippen LogP) is 3.41. The van der Waals surface area contributed by atoms with Gasteiger partial charge in [0.05, 0.1) is 4.92 Å². The van der Waals surface area contributed by atoms with Crippen LogP contribution in [0.3, 0.4) is 0 Å². The highest BCUT2D eigenvalue weighted by Crippen LogP contribution is 2.21. The molecule has 0 spiro atoms. The lowest BCUT2D eigenvalue weighted by Crippen LogP contribution is -2.36. The summed E-state index contributed by atoms with van der Waals surface area (Å²) in [5.41, 5.74) is 0.0176. The molecule has 1 N–H and O–H groups in total. The van der Waals surface area contributed by atoms with E-state index in [9.17, 15) is 19.7 Å². The van der Waals surface area contributed by atoms with Crippen LogP contribution in [-0.2, 0) is 9.53 Å². The lowest BCUT2D eigenvalue weighted by Gasteiger charge is -2.20. The molecule has 0 radical (unpaired) electrons. The van der Waals surface area contributed by atoms with Gasteiger partial charge >= 0.3 is 5.97 Å². The van der Waals surface area contributed by atoms with Gasteiger partial charge < -0.3 is 10.1 Å². The summed E-state index contributed by atoms with van der Waals surface area (Å²) in [4.78, 5) is 35.1. The van der Waals surface area contributed by atoms with Crippen molar-refractivity contribution in [1.82, 2.24) is 0 Å². The van der Waals surface area contributed by atoms with Crippen LogP contribution in [-0.4, -0.2) is 22.9 Å². The quantitative estimate of drug-likeness (QED) is 0.493. The highest BCUT2D eigenvalue weighted by molar-refractivity contribution is 5.99. The Morgan fingerprint density at radius 1 is 1.04 bits per heavy atom. The van der Waals surface area contributed by atoms with Crippen molar-refractivity contribution in [3.8, 4) is 0 Å². The van der Waals surface area contributed by atoms with E-state index in [1.165, 1.54) is 24.3 Å². The number of nitro groups is 1. The molecule has 0 unspecified atom stereocenters. The molecule has 0 fully saturated rings. The van der Waals surface area contributed by atoms with Crippen molar-refractivity contribution in [3.63, 3.8) is 0 Å². The summed E-state index contributed by atoms with van der Waals surface area (Å²) in [6, 6.07) is 14.2. The number of esters is 1. The van der Waals surface area contributed by atoms with Crippen molar-refractivity contribution in [2.75, 3.05) is 5.32 Å². The Morgan fingerprint density at radius 2 is 1.64 bits per heavy atom. The van der Waals surface area contributed by atoms with E-state index in [-0.39, 0.29) is 17.2 Å². The van der Waals surface area contributed by atoms with E-state index >= 15 is 0 Å². The predicted molar refractivity (Wildman–Crippen MR) is 92.2 cm³/mol. The van der Waals surface area contributed by atoms with E-state index in [1.807, 2.05) is 6.07 Å². The Bertz CT molecular complexity index is 774. The number of ether oxygens (including phenoxy) is 1. The Labute approximate surface area is 144 Å². The summed E-state index contributed by atoms with van der Waals surface area (Å²) >= 11 is 0. The maximum Gasteiger partial charge on any atom is 0.345 e. The monoisotopic (exact) mass is 342 g/mol. The third-order valence-electron chi connectivity index (χ3n) is 3.46. The van der Waals surface area contributed by atoms with Crippen LogP contribution in [0.5, 0.6) is 0 Å². The number of hydrogen-bond donors (Lipinski definition) is 1. The van der Waals surface area contributed by atoms with E-state index in [2.05, 4.69) is 5.32 Å². The molecule has 7 nitrogen and oxygen atoms in total. The van der Waals surface area contributed by atoms with Crippen LogP contribution in [0.15, 0.2) is 54.6 Å². The highest BCUT2D eigenvalue weighted by atomic mass is 16.6. The molecule has 0 aliphatic carbocycles. The molecule has 0 saturated carbocycles. The van der Waals surface area contributed by atoms with E-state index < -0.39 is 22.9 Å². The number of anilines is 1. The summed E-state index contributed by atoms with van der Waals surface area (Å²) in [5, 5.41) is 13.7. The SMILES string of the molecule is CC(C)[C@H](OC(=O)c1ccccc1[N+](=O)[O-])C(=O)Nc1ccccc1. The van der Waals surface area contributed by atoms with Crippen molar-refractivity contribution in [2.45, 2.75) is 20.0 Å². The number of para-hydroxylation sites is 2. The fourth-order valence-electron chi connectivity index (χ4n) is 2.21. The number of carbonyl (C=O) groups is 2. The van der Waals surface area contributed by atoms with Crippen molar-refractivity contribution in [2.24, 2.45) is 5.92 Å². The lowest BCUT2D eigenvalue weighted by molar-refractivity contribution is -0.385. The van der Waals surface area contributed by atoms with Crippen LogP contribution in [0.25, 0.3) is 0 Å². The van der Waals surface area contributed by atoms with Crippen LogP contribution in [0.1, 0.15) is 24.2 Å². The molecule has 0 aliphatic heterocycles. The molecule has 0 aromatic heterocycles. The van der Waals surface area contributed by atoms with Crippen molar-refractivity contribution in [3.05, 3.63) is 70.3 Å². The number of rotatable bonds is 6. The molecule has 2 rings (SSSR count). The second kappa shape index (κ2) is 8.05. The maximum absolute atomic E-state index is 12.4. The highest BCUT2D eigenvalue weighted by Gasteiger charge is 2.29. The van der Waals surface area contributed by atoms with Crippen molar-refractivity contribution >= 4 is 23.3 Å². The minimum atomic E-state index is -1.08. The first-order valence-corrected chi connectivity index (χ1v) is 7.70. The zero-order valence-electron chi connectivity index (χ0n) is 13.8. The van der Waals surface area contributed by atoms with E-state index in [0.717, 1.165) is 0 Å². The Hall–Kier alpha value is -3.22. The van der Waals surface area contributed by atoms with Crippen LogP contribution in [0.4, 0.5) is 11.4 Å². The first-order valence-electron chi connectivity index (χ1n) is 7.70. The maximum atomic E-state index is 12.4. The number of carbonyl (C=O) groups excluding carboxylic acids is 2.